The second kappa shape index (κ2) is 6.48. The summed E-state index contributed by atoms with van der Waals surface area (Å²) in [4.78, 5) is 16.1. The zero-order chi connectivity index (χ0) is 14.4. The first-order chi connectivity index (χ1) is 9.70. The smallest absolute Gasteiger partial charge is 0.251 e. The quantitative estimate of drug-likeness (QED) is 0.923. The SMILES string of the molecule is Cc1ccccc1CNC(=O)c1ccnc(CC#N)c1. The van der Waals surface area contributed by atoms with E-state index in [9.17, 15) is 4.79 Å². The van der Waals surface area contributed by atoms with Gasteiger partial charge in [-0.25, -0.2) is 0 Å². The Morgan fingerprint density at radius 3 is 2.90 bits per heavy atom. The number of aryl methyl sites for hydroxylation is 1. The summed E-state index contributed by atoms with van der Waals surface area (Å²) in [5.74, 6) is -0.158. The van der Waals surface area contributed by atoms with Crippen LogP contribution in [0.2, 0.25) is 0 Å². The molecule has 1 amide bonds. The van der Waals surface area contributed by atoms with E-state index >= 15 is 0 Å². The molecule has 0 bridgehead atoms. The molecule has 0 aliphatic rings. The molecule has 0 aliphatic heterocycles. The molecule has 0 aliphatic carbocycles. The van der Waals surface area contributed by atoms with Gasteiger partial charge in [-0.1, -0.05) is 24.3 Å². The summed E-state index contributed by atoms with van der Waals surface area (Å²) in [7, 11) is 0. The topological polar surface area (TPSA) is 65.8 Å². The number of carbonyl (C=O) groups excluding carboxylic acids is 1. The van der Waals surface area contributed by atoms with Gasteiger partial charge in [0.2, 0.25) is 0 Å². The Kier molecular flexibility index (Phi) is 4.46. The number of aromatic nitrogens is 1. The largest absolute Gasteiger partial charge is 0.348 e. The van der Waals surface area contributed by atoms with Crippen molar-refractivity contribution < 1.29 is 4.79 Å². The second-order valence-corrected chi connectivity index (χ2v) is 4.48. The summed E-state index contributed by atoms with van der Waals surface area (Å²) in [6.45, 7) is 2.50. The Morgan fingerprint density at radius 2 is 2.15 bits per heavy atom. The average molecular weight is 265 g/mol. The van der Waals surface area contributed by atoms with Gasteiger partial charge >= 0.3 is 0 Å². The van der Waals surface area contributed by atoms with E-state index in [1.807, 2.05) is 37.3 Å². The monoisotopic (exact) mass is 265 g/mol. The van der Waals surface area contributed by atoms with E-state index in [0.717, 1.165) is 11.1 Å². The van der Waals surface area contributed by atoms with E-state index < -0.39 is 0 Å². The number of nitrogens with one attached hydrogen (secondary N) is 1. The summed E-state index contributed by atoms with van der Waals surface area (Å²) < 4.78 is 0. The van der Waals surface area contributed by atoms with Crippen LogP contribution < -0.4 is 5.32 Å². The molecule has 0 spiro atoms. The van der Waals surface area contributed by atoms with Crippen LogP contribution in [0, 0.1) is 18.3 Å². The van der Waals surface area contributed by atoms with Crippen LogP contribution in [0.4, 0.5) is 0 Å². The number of hydrogen-bond acceptors (Lipinski definition) is 3. The Labute approximate surface area is 118 Å². The van der Waals surface area contributed by atoms with Crippen molar-refractivity contribution in [3.05, 3.63) is 65.0 Å². The van der Waals surface area contributed by atoms with Crippen molar-refractivity contribution in [2.24, 2.45) is 0 Å². The van der Waals surface area contributed by atoms with Gasteiger partial charge in [0.05, 0.1) is 18.2 Å². The molecule has 0 unspecified atom stereocenters. The molecule has 1 N–H and O–H groups in total. The van der Waals surface area contributed by atoms with E-state index in [0.29, 0.717) is 17.8 Å². The van der Waals surface area contributed by atoms with Crippen LogP contribution in [-0.4, -0.2) is 10.9 Å². The first-order valence-electron chi connectivity index (χ1n) is 6.35. The van der Waals surface area contributed by atoms with Crippen molar-refractivity contribution in [2.45, 2.75) is 19.9 Å². The van der Waals surface area contributed by atoms with Gasteiger partial charge in [0.1, 0.15) is 0 Å². The Hall–Kier alpha value is -2.67. The molecule has 2 aromatic rings. The Morgan fingerprint density at radius 1 is 1.35 bits per heavy atom. The number of rotatable bonds is 4. The summed E-state index contributed by atoms with van der Waals surface area (Å²) >= 11 is 0. The third-order valence-corrected chi connectivity index (χ3v) is 3.04. The molecule has 20 heavy (non-hydrogen) atoms. The van der Waals surface area contributed by atoms with E-state index in [4.69, 9.17) is 5.26 Å². The highest BCUT2D eigenvalue weighted by Gasteiger charge is 2.07. The molecule has 4 nitrogen and oxygen atoms in total. The molecule has 4 heteroatoms. The second-order valence-electron chi connectivity index (χ2n) is 4.48. The zero-order valence-corrected chi connectivity index (χ0v) is 11.3. The Bertz CT molecular complexity index is 659. The fourth-order valence-electron chi connectivity index (χ4n) is 1.88. The molecular weight excluding hydrogens is 250 g/mol. The number of hydrogen-bond donors (Lipinski definition) is 1. The normalized spacial score (nSPS) is 9.80. The van der Waals surface area contributed by atoms with Gasteiger partial charge in [-0.15, -0.1) is 0 Å². The highest BCUT2D eigenvalue weighted by atomic mass is 16.1. The van der Waals surface area contributed by atoms with Gasteiger partial charge in [0.25, 0.3) is 5.91 Å². The molecular formula is C16H15N3O. The average Bonchev–Trinajstić information content (AvgIpc) is 2.47. The fraction of sp³-hybridized carbons (Fsp3) is 0.188. The molecule has 0 radical (unpaired) electrons. The molecule has 1 aromatic heterocycles. The van der Waals surface area contributed by atoms with Crippen molar-refractivity contribution >= 4 is 5.91 Å². The predicted octanol–water partition coefficient (Wildman–Crippen LogP) is 2.39. The van der Waals surface area contributed by atoms with Crippen molar-refractivity contribution in [1.82, 2.24) is 10.3 Å². The third-order valence-electron chi connectivity index (χ3n) is 3.04. The number of benzene rings is 1. The van der Waals surface area contributed by atoms with Gasteiger partial charge in [0, 0.05) is 18.3 Å². The van der Waals surface area contributed by atoms with Gasteiger partial charge in [-0.2, -0.15) is 5.26 Å². The maximum Gasteiger partial charge on any atom is 0.251 e. The van der Waals surface area contributed by atoms with Crippen molar-refractivity contribution in [1.29, 1.82) is 5.26 Å². The summed E-state index contributed by atoms with van der Waals surface area (Å²) in [5, 5.41) is 11.5. The molecule has 0 atom stereocenters. The van der Waals surface area contributed by atoms with Gasteiger partial charge in [-0.3, -0.25) is 9.78 Å². The van der Waals surface area contributed by atoms with Gasteiger partial charge in [0.15, 0.2) is 0 Å². The van der Waals surface area contributed by atoms with Crippen LogP contribution in [0.5, 0.6) is 0 Å². The lowest BCUT2D eigenvalue weighted by Gasteiger charge is -2.08. The summed E-state index contributed by atoms with van der Waals surface area (Å²) in [6.07, 6.45) is 1.76. The van der Waals surface area contributed by atoms with Crippen LogP contribution in [0.1, 0.15) is 27.2 Å². The van der Waals surface area contributed by atoms with Crippen LogP contribution in [0.25, 0.3) is 0 Å². The summed E-state index contributed by atoms with van der Waals surface area (Å²) in [5.41, 5.74) is 3.37. The number of nitrogens with zero attached hydrogens (tertiary/aromatic N) is 2. The fourth-order valence-corrected chi connectivity index (χ4v) is 1.88. The number of nitriles is 1. The highest BCUT2D eigenvalue weighted by molar-refractivity contribution is 5.94. The van der Waals surface area contributed by atoms with Crippen LogP contribution >= 0.6 is 0 Å². The van der Waals surface area contributed by atoms with Crippen LogP contribution in [-0.2, 0) is 13.0 Å². The van der Waals surface area contributed by atoms with E-state index in [1.54, 1.807) is 18.3 Å². The van der Waals surface area contributed by atoms with Gasteiger partial charge < -0.3 is 5.32 Å². The van der Waals surface area contributed by atoms with Crippen LogP contribution in [0.15, 0.2) is 42.6 Å². The Balaban J connectivity index is 2.04. The molecule has 0 saturated heterocycles. The first-order valence-corrected chi connectivity index (χ1v) is 6.35. The van der Waals surface area contributed by atoms with Crippen molar-refractivity contribution in [3.8, 4) is 6.07 Å². The zero-order valence-electron chi connectivity index (χ0n) is 11.3. The van der Waals surface area contributed by atoms with Crippen molar-refractivity contribution in [3.63, 3.8) is 0 Å². The van der Waals surface area contributed by atoms with Crippen molar-refractivity contribution in [2.75, 3.05) is 0 Å². The lowest BCUT2D eigenvalue weighted by Crippen LogP contribution is -2.23. The van der Waals surface area contributed by atoms with E-state index in [2.05, 4.69) is 10.3 Å². The third kappa shape index (κ3) is 3.42. The lowest BCUT2D eigenvalue weighted by atomic mass is 10.1. The van der Waals surface area contributed by atoms with E-state index in [1.165, 1.54) is 0 Å². The van der Waals surface area contributed by atoms with E-state index in [-0.39, 0.29) is 12.3 Å². The minimum Gasteiger partial charge on any atom is -0.348 e. The van der Waals surface area contributed by atoms with Gasteiger partial charge in [-0.05, 0) is 30.2 Å². The summed E-state index contributed by atoms with van der Waals surface area (Å²) in [6, 6.07) is 13.2. The molecule has 100 valence electrons. The minimum atomic E-state index is -0.158. The first kappa shape index (κ1) is 13.8. The minimum absolute atomic E-state index is 0.158. The molecule has 1 aromatic carbocycles. The predicted molar refractivity (Wildman–Crippen MR) is 75.9 cm³/mol. The molecule has 0 fully saturated rings. The number of pyridine rings is 1. The standard InChI is InChI=1S/C16H15N3O/c1-12-4-2-3-5-14(12)11-19-16(20)13-7-9-18-15(10-13)6-8-17/h2-5,7,9-10H,6,11H2,1H3,(H,19,20). The lowest BCUT2D eigenvalue weighted by molar-refractivity contribution is 0.0950. The highest BCUT2D eigenvalue weighted by Crippen LogP contribution is 2.07. The molecule has 2 rings (SSSR count). The molecule has 1 heterocycles. The molecule has 0 saturated carbocycles. The van der Waals surface area contributed by atoms with Crippen LogP contribution in [0.3, 0.4) is 0 Å². The number of amides is 1. The maximum absolute atomic E-state index is 12.1. The maximum atomic E-state index is 12.1. The number of carbonyl (C=O) groups is 1.